The number of nitrogens with one attached hydrogen (secondary N) is 1. The van der Waals surface area contributed by atoms with Crippen molar-refractivity contribution in [3.8, 4) is 0 Å². The highest BCUT2D eigenvalue weighted by atomic mass is 19.1. The van der Waals surface area contributed by atoms with E-state index in [0.717, 1.165) is 12.1 Å². The Labute approximate surface area is 102 Å². The number of carboxylic acids is 1. The zero-order valence-electron chi connectivity index (χ0n) is 9.75. The Morgan fingerprint density at radius 2 is 1.78 bits per heavy atom. The maximum Gasteiger partial charge on any atom is 0.331 e. The lowest BCUT2D eigenvalue weighted by Gasteiger charge is -2.07. The molecule has 1 aromatic carbocycles. The summed E-state index contributed by atoms with van der Waals surface area (Å²) in [5.74, 6) is -3.67. The van der Waals surface area contributed by atoms with Gasteiger partial charge in [-0.15, -0.1) is 0 Å². The number of benzene rings is 1. The van der Waals surface area contributed by atoms with E-state index in [4.69, 9.17) is 5.11 Å². The van der Waals surface area contributed by atoms with Gasteiger partial charge in [0.2, 0.25) is 0 Å². The van der Waals surface area contributed by atoms with Gasteiger partial charge in [-0.3, -0.25) is 4.79 Å². The van der Waals surface area contributed by atoms with Crippen LogP contribution in [0.1, 0.15) is 13.8 Å². The van der Waals surface area contributed by atoms with Gasteiger partial charge in [0.15, 0.2) is 0 Å². The molecule has 0 aromatic heterocycles. The topological polar surface area (TPSA) is 66.4 Å². The van der Waals surface area contributed by atoms with Crippen molar-refractivity contribution >= 4 is 17.6 Å². The van der Waals surface area contributed by atoms with Crippen LogP contribution >= 0.6 is 0 Å². The van der Waals surface area contributed by atoms with E-state index in [0.29, 0.717) is 6.07 Å². The van der Waals surface area contributed by atoms with Crippen LogP contribution in [-0.4, -0.2) is 17.0 Å². The smallest absolute Gasteiger partial charge is 0.331 e. The van der Waals surface area contributed by atoms with E-state index in [1.165, 1.54) is 13.8 Å². The second-order valence-corrected chi connectivity index (χ2v) is 3.63. The number of amides is 1. The highest BCUT2D eigenvalue weighted by Crippen LogP contribution is 2.16. The highest BCUT2D eigenvalue weighted by Gasteiger charge is 2.14. The second-order valence-electron chi connectivity index (χ2n) is 3.63. The second kappa shape index (κ2) is 5.39. The van der Waals surface area contributed by atoms with Crippen molar-refractivity contribution in [1.82, 2.24) is 0 Å². The molecule has 2 N–H and O–H groups in total. The Kier molecular flexibility index (Phi) is 4.14. The van der Waals surface area contributed by atoms with Gasteiger partial charge in [0.05, 0.1) is 5.69 Å². The molecule has 96 valence electrons. The summed E-state index contributed by atoms with van der Waals surface area (Å²) in [6.45, 7) is 2.57. The first-order valence-electron chi connectivity index (χ1n) is 5.00. The van der Waals surface area contributed by atoms with Crippen LogP contribution in [0.25, 0.3) is 0 Å². The lowest BCUT2D eigenvalue weighted by atomic mass is 10.1. The molecule has 0 saturated carbocycles. The molecule has 0 radical (unpaired) electrons. The number of anilines is 1. The van der Waals surface area contributed by atoms with Gasteiger partial charge >= 0.3 is 5.97 Å². The van der Waals surface area contributed by atoms with Crippen LogP contribution in [0.4, 0.5) is 14.5 Å². The number of aliphatic carboxylic acids is 1. The first kappa shape index (κ1) is 13.8. The van der Waals surface area contributed by atoms with Crippen LogP contribution < -0.4 is 5.32 Å². The summed E-state index contributed by atoms with van der Waals surface area (Å²) < 4.78 is 25.9. The van der Waals surface area contributed by atoms with Gasteiger partial charge in [-0.05, 0) is 26.0 Å². The summed E-state index contributed by atoms with van der Waals surface area (Å²) >= 11 is 0. The van der Waals surface area contributed by atoms with E-state index in [-0.39, 0.29) is 16.8 Å². The fourth-order valence-electron chi connectivity index (χ4n) is 1.14. The molecule has 6 heteroatoms. The Morgan fingerprint density at radius 1 is 1.17 bits per heavy atom. The molecule has 0 bridgehead atoms. The quantitative estimate of drug-likeness (QED) is 0.814. The summed E-state index contributed by atoms with van der Waals surface area (Å²) in [4.78, 5) is 22.3. The molecule has 0 aliphatic carbocycles. The number of halogens is 2. The molecule has 0 aliphatic heterocycles. The zero-order valence-corrected chi connectivity index (χ0v) is 9.75. The van der Waals surface area contributed by atoms with E-state index in [1.807, 2.05) is 0 Å². The van der Waals surface area contributed by atoms with Gasteiger partial charge < -0.3 is 10.4 Å². The van der Waals surface area contributed by atoms with Gasteiger partial charge in [0.1, 0.15) is 11.6 Å². The number of hydrogen-bond acceptors (Lipinski definition) is 2. The van der Waals surface area contributed by atoms with Crippen molar-refractivity contribution in [2.24, 2.45) is 0 Å². The van der Waals surface area contributed by atoms with Crippen molar-refractivity contribution in [1.29, 1.82) is 0 Å². The van der Waals surface area contributed by atoms with Gasteiger partial charge in [-0.25, -0.2) is 13.6 Å². The monoisotopic (exact) mass is 255 g/mol. The van der Waals surface area contributed by atoms with E-state index in [2.05, 4.69) is 5.32 Å². The standard InChI is InChI=1S/C12H11F2NO3/c1-6(7(2)12(17)18)11(16)15-10-4-3-8(13)5-9(10)14/h3-5H,1-2H3,(H,15,16)(H,17,18)/b7-6-. The molecule has 0 aliphatic rings. The average molecular weight is 255 g/mol. The Hall–Kier alpha value is -2.24. The molecule has 4 nitrogen and oxygen atoms in total. The number of hydrogen-bond donors (Lipinski definition) is 2. The molecule has 0 heterocycles. The Morgan fingerprint density at radius 3 is 2.28 bits per heavy atom. The summed E-state index contributed by atoms with van der Waals surface area (Å²) in [6, 6.07) is 2.67. The predicted octanol–water partition coefficient (Wildman–Crippen LogP) is 2.32. The fourth-order valence-corrected chi connectivity index (χ4v) is 1.14. The van der Waals surface area contributed by atoms with Gasteiger partial charge in [-0.1, -0.05) is 0 Å². The molecule has 0 unspecified atom stereocenters. The van der Waals surface area contributed by atoms with E-state index < -0.39 is 23.5 Å². The Bertz CT molecular complexity index is 538. The first-order chi connectivity index (χ1) is 8.32. The minimum atomic E-state index is -1.23. The number of carboxylic acid groups (broad SMARTS) is 1. The maximum atomic E-state index is 13.2. The molecule has 0 saturated heterocycles. The zero-order chi connectivity index (χ0) is 13.9. The van der Waals surface area contributed by atoms with E-state index in [9.17, 15) is 18.4 Å². The van der Waals surface area contributed by atoms with Crippen molar-refractivity contribution in [3.63, 3.8) is 0 Å². The SMILES string of the molecule is C/C(C(=O)O)=C(\C)C(=O)Nc1ccc(F)cc1F. The molecular weight excluding hydrogens is 244 g/mol. The third kappa shape index (κ3) is 3.13. The van der Waals surface area contributed by atoms with E-state index in [1.54, 1.807) is 0 Å². The third-order valence-electron chi connectivity index (χ3n) is 2.40. The van der Waals surface area contributed by atoms with Crippen LogP contribution in [0.3, 0.4) is 0 Å². The first-order valence-corrected chi connectivity index (χ1v) is 5.00. The fraction of sp³-hybridized carbons (Fsp3) is 0.167. The molecule has 0 spiro atoms. The number of carbonyl (C=O) groups excluding carboxylic acids is 1. The molecule has 0 atom stereocenters. The van der Waals surface area contributed by atoms with Crippen LogP contribution in [0, 0.1) is 11.6 Å². The van der Waals surface area contributed by atoms with Crippen LogP contribution in [0.15, 0.2) is 29.3 Å². The van der Waals surface area contributed by atoms with Crippen LogP contribution in [-0.2, 0) is 9.59 Å². The van der Waals surface area contributed by atoms with Crippen molar-refractivity contribution in [3.05, 3.63) is 41.0 Å². The maximum absolute atomic E-state index is 13.2. The molecule has 0 fully saturated rings. The minimum absolute atomic E-state index is 0.0498. The average Bonchev–Trinajstić information content (AvgIpc) is 2.30. The van der Waals surface area contributed by atoms with Gasteiger partial charge in [-0.2, -0.15) is 0 Å². The third-order valence-corrected chi connectivity index (χ3v) is 2.40. The predicted molar refractivity (Wildman–Crippen MR) is 61.0 cm³/mol. The molecule has 1 amide bonds. The van der Waals surface area contributed by atoms with Crippen molar-refractivity contribution in [2.45, 2.75) is 13.8 Å². The molecule has 1 rings (SSSR count). The summed E-state index contributed by atoms with van der Waals surface area (Å²) in [5, 5.41) is 10.9. The number of carbonyl (C=O) groups is 2. The van der Waals surface area contributed by atoms with Crippen LogP contribution in [0.5, 0.6) is 0 Å². The Balaban J connectivity index is 2.95. The molecular formula is C12H11F2NO3. The lowest BCUT2D eigenvalue weighted by molar-refractivity contribution is -0.133. The molecule has 18 heavy (non-hydrogen) atoms. The van der Waals surface area contributed by atoms with E-state index >= 15 is 0 Å². The van der Waals surface area contributed by atoms with Gasteiger partial charge in [0, 0.05) is 17.2 Å². The molecule has 1 aromatic rings. The summed E-state index contributed by atoms with van der Waals surface area (Å²) in [5.41, 5.74) is -0.403. The van der Waals surface area contributed by atoms with Crippen molar-refractivity contribution < 1.29 is 23.5 Å². The normalized spacial score (nSPS) is 11.8. The van der Waals surface area contributed by atoms with Gasteiger partial charge in [0.25, 0.3) is 5.91 Å². The summed E-state index contributed by atoms with van der Waals surface area (Å²) in [6.07, 6.45) is 0. The largest absolute Gasteiger partial charge is 0.478 e. The number of rotatable bonds is 3. The van der Waals surface area contributed by atoms with Crippen molar-refractivity contribution in [2.75, 3.05) is 5.32 Å². The lowest BCUT2D eigenvalue weighted by Crippen LogP contribution is -2.17. The minimum Gasteiger partial charge on any atom is -0.478 e. The highest BCUT2D eigenvalue weighted by molar-refractivity contribution is 6.08. The van der Waals surface area contributed by atoms with Crippen LogP contribution in [0.2, 0.25) is 0 Å². The summed E-state index contributed by atoms with van der Waals surface area (Å²) in [7, 11) is 0.